The number of nitrogens with zero attached hydrogens (tertiary/aromatic N) is 4. The third-order valence-electron chi connectivity index (χ3n) is 6.32. The summed E-state index contributed by atoms with van der Waals surface area (Å²) in [4.78, 5) is 75.9. The van der Waals surface area contributed by atoms with Crippen molar-refractivity contribution in [2.24, 2.45) is 10.6 Å². The van der Waals surface area contributed by atoms with E-state index in [9.17, 15) is 24.0 Å². The highest BCUT2D eigenvalue weighted by molar-refractivity contribution is 8.00. The van der Waals surface area contributed by atoms with Gasteiger partial charge in [0.05, 0.1) is 5.41 Å². The van der Waals surface area contributed by atoms with E-state index in [1.165, 1.54) is 29.2 Å². The maximum atomic E-state index is 13.4. The highest BCUT2D eigenvalue weighted by Gasteiger charge is 2.54. The minimum Gasteiger partial charge on any atom is -0.427 e. The molecule has 0 saturated carbocycles. The molecule has 1 aromatic rings. The smallest absolute Gasteiger partial charge is 0.358 e. The SMILES string of the molecule is CON=C(C(=O)N[C@@H]1C(=O)N2C(C(=O)OCOC(=O)C(C)(C)C)=C(C=C3CCN(C)C3=O)CS[C@H]12)c1csc(N)n1. The Bertz CT molecular complexity index is 1380. The van der Waals surface area contributed by atoms with E-state index in [-0.39, 0.29) is 33.9 Å². The van der Waals surface area contributed by atoms with Crippen LogP contribution in [-0.4, -0.2) is 94.8 Å². The zero-order valence-electron chi connectivity index (χ0n) is 23.1. The molecule has 2 fully saturated rings. The average Bonchev–Trinajstić information content (AvgIpc) is 3.49. The lowest BCUT2D eigenvalue weighted by Crippen LogP contribution is -2.71. The van der Waals surface area contributed by atoms with Crippen LogP contribution in [0.5, 0.6) is 0 Å². The number of carbonyl (C=O) groups excluding carboxylic acids is 5. The number of allylic oxidation sites excluding steroid dienone is 1. The number of hydrogen-bond acceptors (Lipinski definition) is 13. The molecular weight excluding hydrogens is 576 g/mol. The summed E-state index contributed by atoms with van der Waals surface area (Å²) in [7, 11) is 2.94. The molecule has 0 aromatic carbocycles. The number of likely N-dealkylation sites (tertiary alicyclic amines) is 1. The molecule has 4 heterocycles. The summed E-state index contributed by atoms with van der Waals surface area (Å²) in [5.74, 6) is -2.70. The van der Waals surface area contributed by atoms with Crippen molar-refractivity contribution in [3.8, 4) is 0 Å². The minimum atomic E-state index is -1.000. The number of ether oxygens (including phenoxy) is 2. The van der Waals surface area contributed by atoms with Gasteiger partial charge in [-0.2, -0.15) is 0 Å². The topological polar surface area (TPSA) is 183 Å². The van der Waals surface area contributed by atoms with Gasteiger partial charge in [0.2, 0.25) is 12.7 Å². The molecule has 1 aromatic heterocycles. The third kappa shape index (κ3) is 6.22. The molecule has 3 N–H and O–H groups in total. The molecule has 2 atom stereocenters. The van der Waals surface area contributed by atoms with Crippen LogP contribution in [0.1, 0.15) is 32.9 Å². The molecule has 0 radical (unpaired) electrons. The fourth-order valence-electron chi connectivity index (χ4n) is 4.15. The number of carbonyl (C=O) groups is 5. The summed E-state index contributed by atoms with van der Waals surface area (Å²) in [6.45, 7) is 4.84. The number of thioether (sulfide) groups is 1. The summed E-state index contributed by atoms with van der Waals surface area (Å²) in [5.41, 5.74) is 5.70. The molecule has 3 aliphatic heterocycles. The van der Waals surface area contributed by atoms with E-state index >= 15 is 0 Å². The Morgan fingerprint density at radius 1 is 1.27 bits per heavy atom. The van der Waals surface area contributed by atoms with Gasteiger partial charge >= 0.3 is 11.9 Å². The molecule has 4 rings (SSSR count). The monoisotopic (exact) mass is 606 g/mol. The van der Waals surface area contributed by atoms with Gasteiger partial charge in [-0.3, -0.25) is 24.1 Å². The number of fused-ring (bicyclic) bond motifs is 1. The molecule has 3 aliphatic rings. The van der Waals surface area contributed by atoms with Gasteiger partial charge in [0, 0.05) is 30.3 Å². The Hall–Kier alpha value is -3.92. The Labute approximate surface area is 243 Å². The zero-order chi connectivity index (χ0) is 30.1. The number of anilines is 1. The van der Waals surface area contributed by atoms with Gasteiger partial charge < -0.3 is 30.3 Å². The molecule has 14 nitrogen and oxygen atoms in total. The van der Waals surface area contributed by atoms with E-state index in [4.69, 9.17) is 20.0 Å². The van der Waals surface area contributed by atoms with Crippen LogP contribution in [0.2, 0.25) is 0 Å². The van der Waals surface area contributed by atoms with Crippen molar-refractivity contribution in [3.63, 3.8) is 0 Å². The molecule has 2 saturated heterocycles. The molecule has 0 bridgehead atoms. The third-order valence-corrected chi connectivity index (χ3v) is 8.29. The lowest BCUT2D eigenvalue weighted by atomic mass is 9.98. The first-order chi connectivity index (χ1) is 19.3. The van der Waals surface area contributed by atoms with Crippen LogP contribution >= 0.6 is 23.1 Å². The number of nitrogen functional groups attached to an aromatic ring is 1. The standard InChI is InChI=1S/C25H30N6O8S2/c1-25(2,3)23(36)39-11-38-22(35)17-13(8-12-6-7-30(4)19(12)33)9-40-21-16(20(34)31(17)21)28-18(32)15(29-37-5)14-10-41-24(26)27-14/h8,10,16,21H,6-7,9,11H2,1-5H3,(H2,26,27)(H,28,32)/t16-,21-/m1/s1. The fourth-order valence-corrected chi connectivity index (χ4v) is 6.01. The Balaban J connectivity index is 1.56. The number of esters is 2. The molecule has 3 amide bonds. The molecule has 220 valence electrons. The lowest BCUT2D eigenvalue weighted by molar-refractivity contribution is -0.173. The van der Waals surface area contributed by atoms with E-state index in [1.54, 1.807) is 38.8 Å². The Morgan fingerprint density at radius 2 is 2.00 bits per heavy atom. The first kappa shape index (κ1) is 30.0. The van der Waals surface area contributed by atoms with Crippen molar-refractivity contribution in [1.29, 1.82) is 0 Å². The normalized spacial score (nSPS) is 22.0. The fraction of sp³-hybridized carbons (Fsp3) is 0.480. The maximum Gasteiger partial charge on any atom is 0.358 e. The van der Waals surface area contributed by atoms with Gasteiger partial charge in [0.25, 0.3) is 11.8 Å². The Morgan fingerprint density at radius 3 is 2.59 bits per heavy atom. The Kier molecular flexibility index (Phi) is 8.72. The number of oxime groups is 1. The molecule has 0 spiro atoms. The second kappa shape index (κ2) is 11.9. The van der Waals surface area contributed by atoms with E-state index < -0.39 is 47.4 Å². The van der Waals surface area contributed by atoms with E-state index in [1.807, 2.05) is 0 Å². The van der Waals surface area contributed by atoms with Gasteiger partial charge in [-0.1, -0.05) is 5.16 Å². The van der Waals surface area contributed by atoms with Crippen LogP contribution in [0.4, 0.5) is 5.13 Å². The van der Waals surface area contributed by atoms with Gasteiger partial charge in [-0.15, -0.1) is 23.1 Å². The number of likely N-dealkylation sites (N-methyl/N-ethyl adjacent to an activating group) is 1. The van der Waals surface area contributed by atoms with Crippen LogP contribution < -0.4 is 11.1 Å². The predicted molar refractivity (Wildman–Crippen MR) is 149 cm³/mol. The van der Waals surface area contributed by atoms with E-state index in [0.717, 1.165) is 11.3 Å². The maximum absolute atomic E-state index is 13.4. The van der Waals surface area contributed by atoms with Crippen molar-refractivity contribution in [1.82, 2.24) is 20.1 Å². The summed E-state index contributed by atoms with van der Waals surface area (Å²) in [6.07, 6.45) is 2.08. The molecular formula is C25H30N6O8S2. The molecule has 41 heavy (non-hydrogen) atoms. The molecule has 0 aliphatic carbocycles. The van der Waals surface area contributed by atoms with Gasteiger partial charge in [-0.05, 0) is 38.8 Å². The van der Waals surface area contributed by atoms with Crippen molar-refractivity contribution >= 4 is 63.6 Å². The number of rotatable bonds is 8. The lowest BCUT2D eigenvalue weighted by Gasteiger charge is -2.49. The second-order valence-corrected chi connectivity index (χ2v) is 12.3. The van der Waals surface area contributed by atoms with Crippen molar-refractivity contribution in [3.05, 3.63) is 34.0 Å². The first-order valence-corrected chi connectivity index (χ1v) is 14.4. The van der Waals surface area contributed by atoms with Crippen LogP contribution in [0.25, 0.3) is 0 Å². The van der Waals surface area contributed by atoms with Crippen LogP contribution in [0.3, 0.4) is 0 Å². The quantitative estimate of drug-likeness (QED) is 0.106. The van der Waals surface area contributed by atoms with Crippen molar-refractivity contribution < 1.29 is 38.3 Å². The number of nitrogens with two attached hydrogens (primary N) is 1. The highest BCUT2D eigenvalue weighted by Crippen LogP contribution is 2.41. The van der Waals surface area contributed by atoms with Crippen molar-refractivity contribution in [2.45, 2.75) is 38.6 Å². The summed E-state index contributed by atoms with van der Waals surface area (Å²) < 4.78 is 10.3. The second-order valence-electron chi connectivity index (χ2n) is 10.3. The first-order valence-electron chi connectivity index (χ1n) is 12.4. The van der Waals surface area contributed by atoms with Gasteiger partial charge in [0.15, 0.2) is 10.8 Å². The van der Waals surface area contributed by atoms with E-state index in [0.29, 0.717) is 24.1 Å². The summed E-state index contributed by atoms with van der Waals surface area (Å²) in [5, 5.41) is 7.47. The van der Waals surface area contributed by atoms with Crippen LogP contribution in [0.15, 0.2) is 33.5 Å². The largest absolute Gasteiger partial charge is 0.427 e. The number of aromatic nitrogens is 1. The number of β-lactam (4-membered cyclic amide) rings is 1. The van der Waals surface area contributed by atoms with Gasteiger partial charge in [0.1, 0.15) is 29.9 Å². The number of nitrogens with one attached hydrogen (secondary N) is 1. The number of amides is 3. The minimum absolute atomic E-state index is 0.0797. The van der Waals surface area contributed by atoms with Crippen LogP contribution in [0, 0.1) is 5.41 Å². The number of hydrogen-bond donors (Lipinski definition) is 2. The summed E-state index contributed by atoms with van der Waals surface area (Å²) in [6, 6.07) is -1.000. The highest BCUT2D eigenvalue weighted by atomic mass is 32.2. The predicted octanol–water partition coefficient (Wildman–Crippen LogP) is 0.608. The van der Waals surface area contributed by atoms with Gasteiger partial charge in [-0.25, -0.2) is 9.78 Å². The van der Waals surface area contributed by atoms with Crippen LogP contribution in [-0.2, 0) is 38.3 Å². The molecule has 16 heteroatoms. The molecule has 0 unspecified atom stereocenters. The number of thiazole rings is 1. The van der Waals surface area contributed by atoms with Crippen molar-refractivity contribution in [2.75, 3.05) is 39.0 Å². The zero-order valence-corrected chi connectivity index (χ0v) is 24.7. The average molecular weight is 607 g/mol. The summed E-state index contributed by atoms with van der Waals surface area (Å²) >= 11 is 2.41. The van der Waals surface area contributed by atoms with E-state index in [2.05, 4.69) is 15.5 Å².